The SMILES string of the molecule is C=CCCC[C@@H](O)N1C(=O)N([C@H](O)CCCC=C)C(C)(C)C1=O. The number of allylic oxidation sites excluding steroid dienone is 2. The van der Waals surface area contributed by atoms with Crippen LogP contribution in [0.1, 0.15) is 52.4 Å². The maximum absolute atomic E-state index is 12.6. The van der Waals surface area contributed by atoms with E-state index < -0.39 is 29.9 Å². The van der Waals surface area contributed by atoms with Gasteiger partial charge in [0.1, 0.15) is 18.0 Å². The summed E-state index contributed by atoms with van der Waals surface area (Å²) in [5.74, 6) is -0.489. The summed E-state index contributed by atoms with van der Waals surface area (Å²) in [6.45, 7) is 10.4. The molecule has 6 heteroatoms. The number of nitrogens with zero attached hydrogens (tertiary/aromatic N) is 2. The summed E-state index contributed by atoms with van der Waals surface area (Å²) in [5.41, 5.74) is -1.18. The molecule has 1 aliphatic heterocycles. The maximum Gasteiger partial charge on any atom is 0.331 e. The lowest BCUT2D eigenvalue weighted by atomic mass is 10.0. The lowest BCUT2D eigenvalue weighted by molar-refractivity contribution is -0.140. The Morgan fingerprint density at radius 1 is 1.04 bits per heavy atom. The van der Waals surface area contributed by atoms with E-state index in [0.29, 0.717) is 32.1 Å². The Balaban J connectivity index is 2.85. The number of hydrogen-bond acceptors (Lipinski definition) is 4. The summed E-state index contributed by atoms with van der Waals surface area (Å²) in [6.07, 6.45) is 4.59. The molecule has 2 atom stereocenters. The summed E-state index contributed by atoms with van der Waals surface area (Å²) >= 11 is 0. The zero-order chi connectivity index (χ0) is 17.6. The first-order valence-corrected chi connectivity index (χ1v) is 8.03. The van der Waals surface area contributed by atoms with Crippen LogP contribution in [0, 0.1) is 0 Å². The Morgan fingerprint density at radius 2 is 1.52 bits per heavy atom. The molecule has 0 spiro atoms. The Hall–Kier alpha value is -1.66. The molecule has 0 radical (unpaired) electrons. The zero-order valence-electron chi connectivity index (χ0n) is 14.1. The van der Waals surface area contributed by atoms with Crippen LogP contribution in [0.2, 0.25) is 0 Å². The van der Waals surface area contributed by atoms with Gasteiger partial charge in [-0.05, 0) is 52.4 Å². The van der Waals surface area contributed by atoms with Gasteiger partial charge in [0.05, 0.1) is 0 Å². The van der Waals surface area contributed by atoms with E-state index in [0.717, 1.165) is 16.2 Å². The number of rotatable bonds is 10. The fourth-order valence-electron chi connectivity index (χ4n) is 2.75. The van der Waals surface area contributed by atoms with Crippen LogP contribution in [-0.2, 0) is 4.79 Å². The van der Waals surface area contributed by atoms with E-state index >= 15 is 0 Å². The highest BCUT2D eigenvalue weighted by Gasteiger charge is 2.55. The highest BCUT2D eigenvalue weighted by Crippen LogP contribution is 2.32. The number of aliphatic hydroxyl groups excluding tert-OH is 2. The van der Waals surface area contributed by atoms with Crippen molar-refractivity contribution < 1.29 is 19.8 Å². The molecule has 0 aliphatic carbocycles. The molecule has 0 unspecified atom stereocenters. The van der Waals surface area contributed by atoms with Crippen molar-refractivity contribution in [2.24, 2.45) is 0 Å². The van der Waals surface area contributed by atoms with Gasteiger partial charge in [0, 0.05) is 0 Å². The Morgan fingerprint density at radius 3 is 2.00 bits per heavy atom. The van der Waals surface area contributed by atoms with Crippen LogP contribution < -0.4 is 0 Å². The molecule has 2 N–H and O–H groups in total. The average Bonchev–Trinajstić information content (AvgIpc) is 2.65. The molecule has 130 valence electrons. The summed E-state index contributed by atoms with van der Waals surface area (Å²) < 4.78 is 0. The van der Waals surface area contributed by atoms with Gasteiger partial charge in [-0.15, -0.1) is 13.2 Å². The van der Waals surface area contributed by atoms with Crippen molar-refractivity contribution in [2.45, 2.75) is 70.4 Å². The van der Waals surface area contributed by atoms with E-state index in [-0.39, 0.29) is 0 Å². The number of hydrogen-bond donors (Lipinski definition) is 2. The minimum Gasteiger partial charge on any atom is -0.373 e. The van der Waals surface area contributed by atoms with Crippen molar-refractivity contribution >= 4 is 11.9 Å². The van der Waals surface area contributed by atoms with Crippen molar-refractivity contribution in [1.29, 1.82) is 0 Å². The van der Waals surface area contributed by atoms with Gasteiger partial charge in [-0.1, -0.05) is 12.2 Å². The van der Waals surface area contributed by atoms with Crippen LogP contribution >= 0.6 is 0 Å². The van der Waals surface area contributed by atoms with Gasteiger partial charge in [-0.25, -0.2) is 9.69 Å². The van der Waals surface area contributed by atoms with E-state index in [2.05, 4.69) is 13.2 Å². The monoisotopic (exact) mass is 324 g/mol. The van der Waals surface area contributed by atoms with Crippen molar-refractivity contribution in [3.63, 3.8) is 0 Å². The third kappa shape index (κ3) is 4.20. The molecular weight excluding hydrogens is 296 g/mol. The predicted octanol–water partition coefficient (Wildman–Crippen LogP) is 2.38. The highest BCUT2D eigenvalue weighted by atomic mass is 16.3. The molecule has 0 aromatic rings. The van der Waals surface area contributed by atoms with Crippen molar-refractivity contribution in [1.82, 2.24) is 9.80 Å². The lowest BCUT2D eigenvalue weighted by Gasteiger charge is -2.32. The second kappa shape index (κ2) is 8.26. The number of carbonyl (C=O) groups is 2. The van der Waals surface area contributed by atoms with Gasteiger partial charge in [0.2, 0.25) is 0 Å². The van der Waals surface area contributed by atoms with Crippen LogP contribution in [0.15, 0.2) is 25.3 Å². The molecule has 0 saturated carbocycles. The normalized spacial score (nSPS) is 19.8. The fourth-order valence-corrected chi connectivity index (χ4v) is 2.75. The number of imide groups is 1. The van der Waals surface area contributed by atoms with E-state index in [9.17, 15) is 19.8 Å². The fraction of sp³-hybridized carbons (Fsp3) is 0.647. The standard InChI is InChI=1S/C17H28N2O4/c1-5-7-9-11-13(20)18-15(22)17(3,4)19(16(18)23)14(21)12-10-8-6-2/h5-6,13-14,20-21H,1-2,7-12H2,3-4H3/t13-,14-/m1/s1. The van der Waals surface area contributed by atoms with E-state index in [1.165, 1.54) is 0 Å². The molecule has 3 amide bonds. The molecule has 23 heavy (non-hydrogen) atoms. The zero-order valence-corrected chi connectivity index (χ0v) is 14.1. The third-order valence-corrected chi connectivity index (χ3v) is 4.09. The highest BCUT2D eigenvalue weighted by molar-refractivity contribution is 6.06. The molecule has 1 aliphatic rings. The summed E-state index contributed by atoms with van der Waals surface area (Å²) in [5, 5.41) is 20.5. The van der Waals surface area contributed by atoms with Gasteiger partial charge in [-0.3, -0.25) is 9.69 Å². The van der Waals surface area contributed by atoms with Gasteiger partial charge in [0.25, 0.3) is 5.91 Å². The third-order valence-electron chi connectivity index (χ3n) is 4.09. The largest absolute Gasteiger partial charge is 0.373 e. The minimum atomic E-state index is -1.18. The molecule has 1 rings (SSSR count). The molecule has 1 heterocycles. The molecule has 1 saturated heterocycles. The summed E-state index contributed by atoms with van der Waals surface area (Å²) in [4.78, 5) is 27.1. The number of urea groups is 1. The second-order valence-electron chi connectivity index (χ2n) is 6.29. The number of aliphatic hydroxyl groups is 2. The van der Waals surface area contributed by atoms with E-state index in [1.54, 1.807) is 26.0 Å². The molecule has 6 nitrogen and oxygen atoms in total. The number of carbonyl (C=O) groups excluding carboxylic acids is 2. The first kappa shape index (κ1) is 19.4. The van der Waals surface area contributed by atoms with Crippen LogP contribution in [-0.4, -0.2) is 49.9 Å². The summed E-state index contributed by atoms with van der Waals surface area (Å²) in [7, 11) is 0. The quantitative estimate of drug-likeness (QED) is 0.367. The molecule has 0 aromatic heterocycles. The molecule has 1 fully saturated rings. The van der Waals surface area contributed by atoms with Gasteiger partial charge in [0.15, 0.2) is 0 Å². The summed E-state index contributed by atoms with van der Waals surface area (Å²) in [6, 6.07) is -0.641. The van der Waals surface area contributed by atoms with Crippen molar-refractivity contribution in [2.75, 3.05) is 0 Å². The Labute approximate surface area is 138 Å². The van der Waals surface area contributed by atoms with Crippen LogP contribution in [0.25, 0.3) is 0 Å². The van der Waals surface area contributed by atoms with Crippen LogP contribution in [0.4, 0.5) is 4.79 Å². The molecule has 0 bridgehead atoms. The topological polar surface area (TPSA) is 81.1 Å². The number of amides is 3. The smallest absolute Gasteiger partial charge is 0.331 e. The van der Waals surface area contributed by atoms with Crippen molar-refractivity contribution in [3.8, 4) is 0 Å². The lowest BCUT2D eigenvalue weighted by Crippen LogP contribution is -2.50. The maximum atomic E-state index is 12.6. The second-order valence-corrected chi connectivity index (χ2v) is 6.29. The van der Waals surface area contributed by atoms with Gasteiger partial charge >= 0.3 is 6.03 Å². The molecule has 0 aromatic carbocycles. The van der Waals surface area contributed by atoms with Crippen LogP contribution in [0.3, 0.4) is 0 Å². The number of unbranched alkanes of at least 4 members (excludes halogenated alkanes) is 2. The van der Waals surface area contributed by atoms with Crippen LogP contribution in [0.5, 0.6) is 0 Å². The average molecular weight is 324 g/mol. The molecular formula is C17H28N2O4. The first-order valence-electron chi connectivity index (χ1n) is 8.03. The first-order chi connectivity index (χ1) is 10.8. The van der Waals surface area contributed by atoms with E-state index in [4.69, 9.17) is 0 Å². The van der Waals surface area contributed by atoms with Gasteiger partial charge in [-0.2, -0.15) is 0 Å². The predicted molar refractivity (Wildman–Crippen MR) is 88.3 cm³/mol. The van der Waals surface area contributed by atoms with Gasteiger partial charge < -0.3 is 10.2 Å². The van der Waals surface area contributed by atoms with Crippen molar-refractivity contribution in [3.05, 3.63) is 25.3 Å². The van der Waals surface area contributed by atoms with E-state index in [1.807, 2.05) is 0 Å². The Kier molecular flexibility index (Phi) is 6.97. The Bertz CT molecular complexity index is 462. The minimum absolute atomic E-state index is 0.292.